The minimum absolute atomic E-state index is 0.121. The molecule has 3 aromatic rings. The van der Waals surface area contributed by atoms with Gasteiger partial charge in [0.1, 0.15) is 5.01 Å². The topological polar surface area (TPSA) is 74.3 Å². The van der Waals surface area contributed by atoms with E-state index >= 15 is 0 Å². The maximum absolute atomic E-state index is 12.3. The Morgan fingerprint density at radius 2 is 1.76 bits per heavy atom. The fourth-order valence-electron chi connectivity index (χ4n) is 3.44. The van der Waals surface area contributed by atoms with E-state index in [-0.39, 0.29) is 24.8 Å². The Bertz CT molecular complexity index is 1000. The third-order valence-electron chi connectivity index (χ3n) is 4.80. The van der Waals surface area contributed by atoms with Gasteiger partial charge in [0, 0.05) is 23.2 Å². The third kappa shape index (κ3) is 4.81. The number of carbonyl (C=O) groups excluding carboxylic acids is 2. The number of hydrogen-bond acceptors (Lipinski definition) is 5. The second kappa shape index (κ2) is 8.87. The Hall–Kier alpha value is -3.19. The maximum Gasteiger partial charge on any atom is 0.257 e. The molecule has 2 aromatic carbocycles. The van der Waals surface area contributed by atoms with Gasteiger partial charge < -0.3 is 4.90 Å². The molecule has 2 heterocycles. The molecule has 0 saturated heterocycles. The summed E-state index contributed by atoms with van der Waals surface area (Å²) < 4.78 is 0. The highest BCUT2D eigenvalue weighted by molar-refractivity contribution is 7.13. The van der Waals surface area contributed by atoms with Crippen LogP contribution in [0.4, 0.5) is 5.69 Å². The summed E-state index contributed by atoms with van der Waals surface area (Å²) in [5.41, 5.74) is 9.07. The van der Waals surface area contributed by atoms with Gasteiger partial charge in [0.25, 0.3) is 5.91 Å². The lowest BCUT2D eigenvalue weighted by molar-refractivity contribution is -0.127. The molecular formula is C22H22N4O2S. The monoisotopic (exact) mass is 406 g/mol. The van der Waals surface area contributed by atoms with Crippen LogP contribution in [-0.4, -0.2) is 29.9 Å². The molecule has 29 heavy (non-hydrogen) atoms. The van der Waals surface area contributed by atoms with Crippen LogP contribution in [0.2, 0.25) is 0 Å². The molecule has 6 nitrogen and oxygen atoms in total. The zero-order valence-electron chi connectivity index (χ0n) is 15.9. The first-order valence-electron chi connectivity index (χ1n) is 9.59. The van der Waals surface area contributed by atoms with E-state index in [4.69, 9.17) is 0 Å². The molecule has 0 spiro atoms. The van der Waals surface area contributed by atoms with Crippen LogP contribution in [0.15, 0.2) is 60.0 Å². The van der Waals surface area contributed by atoms with Crippen molar-refractivity contribution >= 4 is 28.8 Å². The van der Waals surface area contributed by atoms with E-state index in [1.165, 1.54) is 16.9 Å². The number of hydrogen-bond donors (Lipinski definition) is 2. The minimum atomic E-state index is -0.290. The number of thiazole rings is 1. The fourth-order valence-corrected chi connectivity index (χ4v) is 4.26. The van der Waals surface area contributed by atoms with Gasteiger partial charge in [-0.3, -0.25) is 20.4 Å². The Morgan fingerprint density at radius 1 is 1.00 bits per heavy atom. The zero-order valence-corrected chi connectivity index (χ0v) is 16.7. The summed E-state index contributed by atoms with van der Waals surface area (Å²) in [6.45, 7) is 1.05. The summed E-state index contributed by atoms with van der Waals surface area (Å²) in [5, 5.41) is 2.75. The molecule has 0 fully saturated rings. The number of benzene rings is 2. The van der Waals surface area contributed by atoms with Gasteiger partial charge in [-0.25, -0.2) is 4.98 Å². The van der Waals surface area contributed by atoms with Crippen LogP contribution in [0.1, 0.15) is 17.7 Å². The van der Waals surface area contributed by atoms with Gasteiger partial charge in [-0.05, 0) is 24.5 Å². The van der Waals surface area contributed by atoms with Crippen molar-refractivity contribution in [2.24, 2.45) is 0 Å². The molecule has 148 valence electrons. The largest absolute Gasteiger partial charge is 0.362 e. The van der Waals surface area contributed by atoms with Crippen molar-refractivity contribution in [2.75, 3.05) is 18.0 Å². The van der Waals surface area contributed by atoms with Gasteiger partial charge in [0.15, 0.2) is 0 Å². The predicted molar refractivity (Wildman–Crippen MR) is 115 cm³/mol. The van der Waals surface area contributed by atoms with Gasteiger partial charge in [-0.2, -0.15) is 0 Å². The highest BCUT2D eigenvalue weighted by Crippen LogP contribution is 2.26. The van der Waals surface area contributed by atoms with Crippen LogP contribution in [0, 0.1) is 0 Å². The third-order valence-corrected chi connectivity index (χ3v) is 5.74. The van der Waals surface area contributed by atoms with Gasteiger partial charge in [-0.15, -0.1) is 11.3 Å². The van der Waals surface area contributed by atoms with Gasteiger partial charge >= 0.3 is 0 Å². The van der Waals surface area contributed by atoms with Crippen LogP contribution in [0.25, 0.3) is 10.6 Å². The smallest absolute Gasteiger partial charge is 0.257 e. The lowest BCUT2D eigenvalue weighted by atomic mass is 10.0. The van der Waals surface area contributed by atoms with Crippen LogP contribution in [-0.2, 0) is 22.4 Å². The standard InChI is InChI=1S/C22H22N4O2S/c27-20(13-18-15-29-22(23-18)17-8-2-1-3-9-17)24-25-21(28)14-26-12-6-10-16-7-4-5-11-19(16)26/h1-5,7-9,11,15H,6,10,12-14H2,(H,24,27)(H,25,28). The van der Waals surface area contributed by atoms with E-state index < -0.39 is 0 Å². The summed E-state index contributed by atoms with van der Waals surface area (Å²) in [5.74, 6) is -0.527. The molecule has 4 rings (SSSR count). The fraction of sp³-hybridized carbons (Fsp3) is 0.227. The number of nitrogens with one attached hydrogen (secondary N) is 2. The number of hydrazine groups is 1. The Labute approximate surface area is 173 Å². The Balaban J connectivity index is 1.27. The number of nitrogens with zero attached hydrogens (tertiary/aromatic N) is 2. The Morgan fingerprint density at radius 3 is 2.62 bits per heavy atom. The van der Waals surface area contributed by atoms with E-state index in [1.807, 2.05) is 58.8 Å². The lowest BCUT2D eigenvalue weighted by Crippen LogP contribution is -2.47. The van der Waals surface area contributed by atoms with E-state index in [0.717, 1.165) is 35.6 Å². The predicted octanol–water partition coefficient (Wildman–Crippen LogP) is 2.95. The van der Waals surface area contributed by atoms with Crippen molar-refractivity contribution in [3.8, 4) is 10.6 Å². The second-order valence-corrected chi connectivity index (χ2v) is 7.80. The lowest BCUT2D eigenvalue weighted by Gasteiger charge is -2.30. The van der Waals surface area contributed by atoms with Gasteiger partial charge in [0.2, 0.25) is 5.91 Å². The van der Waals surface area contributed by atoms with E-state index in [2.05, 4.69) is 21.9 Å². The normalized spacial score (nSPS) is 12.9. The Kier molecular flexibility index (Phi) is 5.86. The first kappa shape index (κ1) is 19.1. The van der Waals surface area contributed by atoms with Crippen molar-refractivity contribution in [3.63, 3.8) is 0 Å². The molecule has 2 N–H and O–H groups in total. The summed E-state index contributed by atoms with van der Waals surface area (Å²) in [7, 11) is 0. The SMILES string of the molecule is O=C(Cc1csc(-c2ccccc2)n1)NNC(=O)CN1CCCc2ccccc21. The van der Waals surface area contributed by atoms with E-state index in [1.54, 1.807) is 0 Å². The number of fused-ring (bicyclic) bond motifs is 1. The van der Waals surface area contributed by atoms with Crippen molar-refractivity contribution < 1.29 is 9.59 Å². The second-order valence-electron chi connectivity index (χ2n) is 6.94. The summed E-state index contributed by atoms with van der Waals surface area (Å²) in [6, 6.07) is 18.0. The molecule has 1 aliphatic heterocycles. The number of aromatic nitrogens is 1. The number of para-hydroxylation sites is 1. The molecule has 7 heteroatoms. The first-order valence-corrected chi connectivity index (χ1v) is 10.5. The molecule has 0 unspecified atom stereocenters. The number of carbonyl (C=O) groups is 2. The number of rotatable bonds is 5. The van der Waals surface area contributed by atoms with Crippen LogP contribution >= 0.6 is 11.3 Å². The molecule has 0 bridgehead atoms. The molecule has 1 aromatic heterocycles. The van der Waals surface area contributed by atoms with Crippen LogP contribution in [0.5, 0.6) is 0 Å². The zero-order chi connectivity index (χ0) is 20.1. The summed E-state index contributed by atoms with van der Waals surface area (Å²) in [4.78, 5) is 31.0. The molecular weight excluding hydrogens is 384 g/mol. The average Bonchev–Trinajstić information content (AvgIpc) is 3.22. The molecule has 0 aliphatic carbocycles. The maximum atomic E-state index is 12.3. The van der Waals surface area contributed by atoms with Crippen molar-refractivity contribution in [1.82, 2.24) is 15.8 Å². The molecule has 0 saturated carbocycles. The molecule has 1 aliphatic rings. The van der Waals surface area contributed by atoms with Crippen LogP contribution in [0.3, 0.4) is 0 Å². The van der Waals surface area contributed by atoms with E-state index in [9.17, 15) is 9.59 Å². The number of amides is 2. The highest BCUT2D eigenvalue weighted by Gasteiger charge is 2.19. The number of aryl methyl sites for hydroxylation is 1. The summed E-state index contributed by atoms with van der Waals surface area (Å²) in [6.07, 6.45) is 2.17. The van der Waals surface area contributed by atoms with Crippen molar-refractivity contribution in [1.29, 1.82) is 0 Å². The van der Waals surface area contributed by atoms with Crippen molar-refractivity contribution in [2.45, 2.75) is 19.3 Å². The number of anilines is 1. The minimum Gasteiger partial charge on any atom is -0.362 e. The van der Waals surface area contributed by atoms with Crippen LogP contribution < -0.4 is 15.8 Å². The van der Waals surface area contributed by atoms with Crippen molar-refractivity contribution in [3.05, 3.63) is 71.2 Å². The molecule has 0 atom stereocenters. The summed E-state index contributed by atoms with van der Waals surface area (Å²) >= 11 is 1.50. The van der Waals surface area contributed by atoms with Gasteiger partial charge in [-0.1, -0.05) is 48.5 Å². The highest BCUT2D eigenvalue weighted by atomic mass is 32.1. The van der Waals surface area contributed by atoms with E-state index in [0.29, 0.717) is 5.69 Å². The first-order chi connectivity index (χ1) is 14.2. The van der Waals surface area contributed by atoms with Gasteiger partial charge in [0.05, 0.1) is 18.7 Å². The molecule has 0 radical (unpaired) electrons. The quantitative estimate of drug-likeness (QED) is 0.639. The molecule has 2 amide bonds. The average molecular weight is 407 g/mol.